The summed E-state index contributed by atoms with van der Waals surface area (Å²) in [6.45, 7) is 3.56. The Balaban J connectivity index is 2.18. The van der Waals surface area contributed by atoms with Crippen molar-refractivity contribution in [2.24, 2.45) is 0 Å². The van der Waals surface area contributed by atoms with E-state index in [1.165, 1.54) is 37.1 Å². The van der Waals surface area contributed by atoms with Crippen LogP contribution < -0.4 is 9.62 Å². The Hall–Kier alpha value is -2.42. The number of sulfonamides is 1. The zero-order chi connectivity index (χ0) is 20.9. The van der Waals surface area contributed by atoms with Crippen LogP contribution in [0.3, 0.4) is 0 Å². The third-order valence-electron chi connectivity index (χ3n) is 4.86. The Labute approximate surface area is 165 Å². The number of nitro benzene ring substituents is 1. The first-order chi connectivity index (χ1) is 13.1. The van der Waals surface area contributed by atoms with Crippen molar-refractivity contribution in [2.75, 3.05) is 17.1 Å². The summed E-state index contributed by atoms with van der Waals surface area (Å²) < 4.78 is 25.7. The Kier molecular flexibility index (Phi) is 7.17. The number of anilines is 1. The van der Waals surface area contributed by atoms with Gasteiger partial charge in [0.15, 0.2) is 0 Å². The molecule has 1 N–H and O–H groups in total. The minimum Gasteiger partial charge on any atom is -0.354 e. The summed E-state index contributed by atoms with van der Waals surface area (Å²) in [6, 6.07) is 2.94. The number of non-ortho nitro benzene ring substituents is 1. The zero-order valence-electron chi connectivity index (χ0n) is 16.5. The molecule has 0 saturated carbocycles. The second-order valence-electron chi connectivity index (χ2n) is 7.11. The van der Waals surface area contributed by atoms with E-state index >= 15 is 0 Å². The van der Waals surface area contributed by atoms with Crippen LogP contribution in [-0.4, -0.2) is 38.1 Å². The second kappa shape index (κ2) is 9.18. The monoisotopic (exact) mass is 409 g/mol. The molecule has 8 nitrogen and oxygen atoms in total. The van der Waals surface area contributed by atoms with E-state index in [-0.39, 0.29) is 11.4 Å². The lowest BCUT2D eigenvalue weighted by Crippen LogP contribution is -2.48. The van der Waals surface area contributed by atoms with Gasteiger partial charge in [-0.15, -0.1) is 0 Å². The molecule has 0 bridgehead atoms. The topological polar surface area (TPSA) is 110 Å². The van der Waals surface area contributed by atoms with E-state index in [9.17, 15) is 23.3 Å². The van der Waals surface area contributed by atoms with Gasteiger partial charge in [0.1, 0.15) is 6.04 Å². The van der Waals surface area contributed by atoms with Crippen LogP contribution >= 0.6 is 0 Å². The first-order valence-electron chi connectivity index (χ1n) is 9.31. The largest absolute Gasteiger partial charge is 0.354 e. The summed E-state index contributed by atoms with van der Waals surface area (Å²) in [7, 11) is -3.83. The molecule has 2 rings (SSSR count). The van der Waals surface area contributed by atoms with E-state index < -0.39 is 26.9 Å². The minimum absolute atomic E-state index is 0.134. The highest BCUT2D eigenvalue weighted by molar-refractivity contribution is 7.92. The number of benzene rings is 1. The molecule has 1 amide bonds. The number of hydrogen-bond acceptors (Lipinski definition) is 5. The van der Waals surface area contributed by atoms with Gasteiger partial charge in [-0.1, -0.05) is 17.7 Å². The number of nitrogens with one attached hydrogen (secondary N) is 1. The number of nitrogens with zero attached hydrogens (tertiary/aromatic N) is 2. The lowest BCUT2D eigenvalue weighted by atomic mass is 9.97. The van der Waals surface area contributed by atoms with E-state index in [1.807, 2.05) is 0 Å². The SMILES string of the molecule is Cc1ccc([N+](=O)[O-])cc1N([C@H](C)C(=O)NCCC1=CCCCC1)S(C)(=O)=O. The van der Waals surface area contributed by atoms with Crippen molar-refractivity contribution in [3.63, 3.8) is 0 Å². The molecule has 0 aromatic heterocycles. The number of amides is 1. The third kappa shape index (κ3) is 5.54. The number of nitro groups is 1. The van der Waals surface area contributed by atoms with Gasteiger partial charge in [-0.25, -0.2) is 8.42 Å². The summed E-state index contributed by atoms with van der Waals surface area (Å²) in [5.41, 5.74) is 1.75. The van der Waals surface area contributed by atoms with Crippen molar-refractivity contribution in [1.82, 2.24) is 5.32 Å². The summed E-state index contributed by atoms with van der Waals surface area (Å²) >= 11 is 0. The van der Waals surface area contributed by atoms with Gasteiger partial charge in [0.25, 0.3) is 5.69 Å². The fourth-order valence-corrected chi connectivity index (χ4v) is 4.58. The van der Waals surface area contributed by atoms with Gasteiger partial charge in [0.05, 0.1) is 16.9 Å². The number of rotatable bonds is 8. The lowest BCUT2D eigenvalue weighted by Gasteiger charge is -2.29. The predicted octanol–water partition coefficient (Wildman–Crippen LogP) is 3.06. The van der Waals surface area contributed by atoms with Crippen LogP contribution in [0, 0.1) is 17.0 Å². The van der Waals surface area contributed by atoms with Crippen LogP contribution in [0.4, 0.5) is 11.4 Å². The van der Waals surface area contributed by atoms with Gasteiger partial charge in [-0.05, 0) is 51.5 Å². The van der Waals surface area contributed by atoms with E-state index in [0.717, 1.165) is 36.2 Å². The molecule has 1 aliphatic carbocycles. The average molecular weight is 410 g/mol. The third-order valence-corrected chi connectivity index (χ3v) is 6.09. The highest BCUT2D eigenvalue weighted by Crippen LogP contribution is 2.29. The molecule has 0 heterocycles. The molecular weight excluding hydrogens is 382 g/mol. The van der Waals surface area contributed by atoms with Crippen molar-refractivity contribution >= 4 is 27.3 Å². The maximum atomic E-state index is 12.6. The van der Waals surface area contributed by atoms with Crippen molar-refractivity contribution in [3.05, 3.63) is 45.5 Å². The van der Waals surface area contributed by atoms with Crippen LogP contribution in [0.2, 0.25) is 0 Å². The van der Waals surface area contributed by atoms with Gasteiger partial charge >= 0.3 is 0 Å². The molecule has 1 aromatic carbocycles. The van der Waals surface area contributed by atoms with Crippen molar-refractivity contribution in [2.45, 2.75) is 52.0 Å². The lowest BCUT2D eigenvalue weighted by molar-refractivity contribution is -0.384. The quantitative estimate of drug-likeness (QED) is 0.403. The van der Waals surface area contributed by atoms with Gasteiger partial charge in [0, 0.05) is 18.7 Å². The van der Waals surface area contributed by atoms with E-state index in [0.29, 0.717) is 12.1 Å². The maximum absolute atomic E-state index is 12.6. The van der Waals surface area contributed by atoms with Crippen molar-refractivity contribution in [1.29, 1.82) is 0 Å². The fraction of sp³-hybridized carbons (Fsp3) is 0.526. The second-order valence-corrected chi connectivity index (χ2v) is 8.97. The normalized spacial score (nSPS) is 15.5. The molecule has 0 fully saturated rings. The molecule has 0 spiro atoms. The smallest absolute Gasteiger partial charge is 0.271 e. The first-order valence-corrected chi connectivity index (χ1v) is 11.2. The van der Waals surface area contributed by atoms with Crippen molar-refractivity contribution in [3.8, 4) is 0 Å². The Morgan fingerprint density at radius 3 is 2.64 bits per heavy atom. The van der Waals surface area contributed by atoms with Crippen molar-refractivity contribution < 1.29 is 18.1 Å². The Morgan fingerprint density at radius 1 is 1.36 bits per heavy atom. The summed E-state index contributed by atoms with van der Waals surface area (Å²) in [6.07, 6.45) is 8.38. The standard InChI is InChI=1S/C19H27N3O5S/c1-14-9-10-17(22(24)25)13-18(14)21(28(3,26)27)15(2)19(23)20-12-11-16-7-5-4-6-8-16/h7,9-10,13,15H,4-6,8,11-12H2,1-3H3,(H,20,23)/t15-/m1/s1. The van der Waals surface area contributed by atoms with E-state index in [1.54, 1.807) is 6.92 Å². The predicted molar refractivity (Wildman–Crippen MR) is 109 cm³/mol. The maximum Gasteiger partial charge on any atom is 0.271 e. The number of hydrogen-bond donors (Lipinski definition) is 1. The van der Waals surface area contributed by atoms with Gasteiger partial charge in [-0.2, -0.15) is 0 Å². The molecule has 0 radical (unpaired) electrons. The van der Waals surface area contributed by atoms with Crippen LogP contribution in [0.1, 0.15) is 44.6 Å². The zero-order valence-corrected chi connectivity index (χ0v) is 17.3. The molecule has 1 aliphatic rings. The first kappa shape index (κ1) is 21.9. The summed E-state index contributed by atoms with van der Waals surface area (Å²) in [5.74, 6) is -0.437. The molecule has 1 atom stereocenters. The molecule has 28 heavy (non-hydrogen) atoms. The number of allylic oxidation sites excluding steroid dienone is 1. The fourth-order valence-electron chi connectivity index (χ4n) is 3.36. The molecule has 0 saturated heterocycles. The van der Waals surface area contributed by atoms with Gasteiger partial charge in [0.2, 0.25) is 15.9 Å². The van der Waals surface area contributed by atoms with Crippen LogP contribution in [0.5, 0.6) is 0 Å². The number of carbonyl (C=O) groups is 1. The van der Waals surface area contributed by atoms with E-state index in [4.69, 9.17) is 0 Å². The van der Waals surface area contributed by atoms with E-state index in [2.05, 4.69) is 11.4 Å². The molecule has 0 aliphatic heterocycles. The molecule has 9 heteroatoms. The van der Waals surface area contributed by atoms with Crippen LogP contribution in [0.25, 0.3) is 0 Å². The highest BCUT2D eigenvalue weighted by Gasteiger charge is 2.31. The summed E-state index contributed by atoms with van der Waals surface area (Å²) in [5, 5.41) is 13.9. The molecular formula is C19H27N3O5S. The van der Waals surface area contributed by atoms with Gasteiger partial charge in [-0.3, -0.25) is 19.2 Å². The highest BCUT2D eigenvalue weighted by atomic mass is 32.2. The minimum atomic E-state index is -3.83. The number of carbonyl (C=O) groups excluding carboxylic acids is 1. The molecule has 1 aromatic rings. The molecule has 154 valence electrons. The van der Waals surface area contributed by atoms with Crippen LogP contribution in [-0.2, 0) is 14.8 Å². The Morgan fingerprint density at radius 2 is 2.07 bits per heavy atom. The number of aryl methyl sites for hydroxylation is 1. The summed E-state index contributed by atoms with van der Waals surface area (Å²) in [4.78, 5) is 23.1. The van der Waals surface area contributed by atoms with Gasteiger partial charge < -0.3 is 5.32 Å². The molecule has 0 unspecified atom stereocenters. The van der Waals surface area contributed by atoms with Crippen LogP contribution in [0.15, 0.2) is 29.8 Å². The Bertz CT molecular complexity index is 880. The average Bonchev–Trinajstić information content (AvgIpc) is 2.62.